The van der Waals surface area contributed by atoms with Crippen LogP contribution in [0, 0.1) is 0 Å². The third-order valence-electron chi connectivity index (χ3n) is 3.80. The molecule has 3 rings (SSSR count). The minimum atomic E-state index is -0.913. The van der Waals surface area contributed by atoms with Crippen LogP contribution >= 0.6 is 11.3 Å². The SMILES string of the molecule is O=C(O)c1cnc(C2(c3ccccc3)CCOCC2)s1. The van der Waals surface area contributed by atoms with Crippen molar-refractivity contribution in [2.45, 2.75) is 18.3 Å². The summed E-state index contributed by atoms with van der Waals surface area (Å²) in [6, 6.07) is 10.2. The van der Waals surface area contributed by atoms with Gasteiger partial charge in [0.2, 0.25) is 0 Å². The number of aromatic carboxylic acids is 1. The van der Waals surface area contributed by atoms with Gasteiger partial charge >= 0.3 is 5.97 Å². The number of hydrogen-bond donors (Lipinski definition) is 1. The number of carboxylic acid groups (broad SMARTS) is 1. The van der Waals surface area contributed by atoms with Crippen LogP contribution in [-0.4, -0.2) is 29.3 Å². The van der Waals surface area contributed by atoms with Gasteiger partial charge in [0.15, 0.2) is 0 Å². The van der Waals surface area contributed by atoms with Crippen LogP contribution in [0.5, 0.6) is 0 Å². The second kappa shape index (κ2) is 5.34. The summed E-state index contributed by atoms with van der Waals surface area (Å²) in [6.45, 7) is 1.35. The summed E-state index contributed by atoms with van der Waals surface area (Å²) in [7, 11) is 0. The maximum absolute atomic E-state index is 11.1. The Morgan fingerprint density at radius 1 is 1.25 bits per heavy atom. The van der Waals surface area contributed by atoms with Crippen molar-refractivity contribution in [3.63, 3.8) is 0 Å². The molecule has 1 aromatic heterocycles. The second-order valence-electron chi connectivity index (χ2n) is 4.90. The number of rotatable bonds is 3. The lowest BCUT2D eigenvalue weighted by Gasteiger charge is -2.36. The molecule has 0 aliphatic carbocycles. The summed E-state index contributed by atoms with van der Waals surface area (Å²) in [6.07, 6.45) is 3.13. The van der Waals surface area contributed by atoms with Gasteiger partial charge in [0.05, 0.1) is 11.6 Å². The largest absolute Gasteiger partial charge is 0.477 e. The number of benzene rings is 1. The Bertz CT molecular complexity index is 603. The van der Waals surface area contributed by atoms with E-state index in [1.165, 1.54) is 23.1 Å². The van der Waals surface area contributed by atoms with Crippen molar-refractivity contribution in [2.24, 2.45) is 0 Å². The highest BCUT2D eigenvalue weighted by Crippen LogP contribution is 2.42. The fourth-order valence-electron chi connectivity index (χ4n) is 2.70. The van der Waals surface area contributed by atoms with Gasteiger partial charge in [0, 0.05) is 13.2 Å². The molecular weight excluding hydrogens is 274 g/mol. The first-order valence-corrected chi connectivity index (χ1v) is 7.37. The molecule has 1 aliphatic rings. The van der Waals surface area contributed by atoms with Gasteiger partial charge in [-0.3, -0.25) is 0 Å². The molecule has 0 radical (unpaired) electrons. The molecular formula is C15H15NO3S. The fourth-order valence-corrected chi connectivity index (χ4v) is 3.72. The van der Waals surface area contributed by atoms with Crippen LogP contribution in [0.1, 0.15) is 33.1 Å². The zero-order valence-corrected chi connectivity index (χ0v) is 11.7. The van der Waals surface area contributed by atoms with Crippen LogP contribution in [0.3, 0.4) is 0 Å². The lowest BCUT2D eigenvalue weighted by atomic mass is 9.75. The highest BCUT2D eigenvalue weighted by atomic mass is 32.1. The van der Waals surface area contributed by atoms with Gasteiger partial charge in [0.1, 0.15) is 9.88 Å². The average Bonchev–Trinajstić information content (AvgIpc) is 2.99. The van der Waals surface area contributed by atoms with Crippen LogP contribution in [0.2, 0.25) is 0 Å². The van der Waals surface area contributed by atoms with Crippen molar-refractivity contribution in [3.05, 3.63) is 52.0 Å². The molecule has 1 aromatic carbocycles. The number of carboxylic acids is 1. The third-order valence-corrected chi connectivity index (χ3v) is 4.99. The average molecular weight is 289 g/mol. The Balaban J connectivity index is 2.07. The summed E-state index contributed by atoms with van der Waals surface area (Å²) in [5.74, 6) is -0.913. The van der Waals surface area contributed by atoms with E-state index in [1.807, 2.05) is 18.2 Å². The number of nitrogens with zero attached hydrogens (tertiary/aromatic N) is 1. The van der Waals surface area contributed by atoms with Crippen molar-refractivity contribution < 1.29 is 14.6 Å². The number of carbonyl (C=O) groups is 1. The van der Waals surface area contributed by atoms with Gasteiger partial charge in [-0.2, -0.15) is 0 Å². The fraction of sp³-hybridized carbons (Fsp3) is 0.333. The highest BCUT2D eigenvalue weighted by molar-refractivity contribution is 7.13. The van der Waals surface area contributed by atoms with Crippen molar-refractivity contribution in [1.29, 1.82) is 0 Å². The van der Waals surface area contributed by atoms with E-state index in [2.05, 4.69) is 17.1 Å². The maximum atomic E-state index is 11.1. The smallest absolute Gasteiger partial charge is 0.347 e. The van der Waals surface area contributed by atoms with Gasteiger partial charge in [-0.05, 0) is 18.4 Å². The minimum absolute atomic E-state index is 0.210. The zero-order chi connectivity index (χ0) is 14.0. The quantitative estimate of drug-likeness (QED) is 0.943. The van der Waals surface area contributed by atoms with Gasteiger partial charge in [-0.15, -0.1) is 11.3 Å². The summed E-state index contributed by atoms with van der Waals surface area (Å²) in [4.78, 5) is 15.8. The monoisotopic (exact) mass is 289 g/mol. The Morgan fingerprint density at radius 3 is 2.55 bits per heavy atom. The Kier molecular flexibility index (Phi) is 3.54. The van der Waals surface area contributed by atoms with Crippen LogP contribution in [0.4, 0.5) is 0 Å². The predicted molar refractivity (Wildman–Crippen MR) is 76.3 cm³/mol. The van der Waals surface area contributed by atoms with E-state index >= 15 is 0 Å². The molecule has 1 fully saturated rings. The van der Waals surface area contributed by atoms with Crippen molar-refractivity contribution in [1.82, 2.24) is 4.98 Å². The molecule has 2 heterocycles. The molecule has 20 heavy (non-hydrogen) atoms. The highest BCUT2D eigenvalue weighted by Gasteiger charge is 2.39. The van der Waals surface area contributed by atoms with Crippen LogP contribution in [0.15, 0.2) is 36.5 Å². The Morgan fingerprint density at radius 2 is 1.95 bits per heavy atom. The Labute approximate surface area is 121 Å². The Hall–Kier alpha value is -1.72. The third kappa shape index (κ3) is 2.23. The van der Waals surface area contributed by atoms with Gasteiger partial charge in [0.25, 0.3) is 0 Å². The molecule has 1 saturated heterocycles. The van der Waals surface area contributed by atoms with Crippen LogP contribution in [0.25, 0.3) is 0 Å². The van der Waals surface area contributed by atoms with Crippen LogP contribution in [-0.2, 0) is 10.2 Å². The summed E-state index contributed by atoms with van der Waals surface area (Å²) < 4.78 is 5.48. The van der Waals surface area contributed by atoms with E-state index in [4.69, 9.17) is 9.84 Å². The minimum Gasteiger partial charge on any atom is -0.477 e. The van der Waals surface area contributed by atoms with Crippen molar-refractivity contribution in [2.75, 3.05) is 13.2 Å². The first-order chi connectivity index (χ1) is 9.72. The number of thiazole rings is 1. The molecule has 0 saturated carbocycles. The summed E-state index contributed by atoms with van der Waals surface area (Å²) in [5, 5.41) is 9.98. The van der Waals surface area contributed by atoms with Gasteiger partial charge in [-0.1, -0.05) is 30.3 Å². The van der Waals surface area contributed by atoms with Gasteiger partial charge in [-0.25, -0.2) is 9.78 Å². The molecule has 1 aliphatic heterocycles. The molecule has 0 atom stereocenters. The van der Waals surface area contributed by atoms with Crippen molar-refractivity contribution >= 4 is 17.3 Å². The lowest BCUT2D eigenvalue weighted by molar-refractivity contribution is 0.0630. The lowest BCUT2D eigenvalue weighted by Crippen LogP contribution is -2.34. The molecule has 104 valence electrons. The van der Waals surface area contributed by atoms with E-state index in [1.54, 1.807) is 0 Å². The molecule has 0 amide bonds. The molecule has 4 nitrogen and oxygen atoms in total. The van der Waals surface area contributed by atoms with Crippen molar-refractivity contribution in [3.8, 4) is 0 Å². The number of ether oxygens (including phenoxy) is 1. The number of hydrogen-bond acceptors (Lipinski definition) is 4. The normalized spacial score (nSPS) is 17.8. The zero-order valence-electron chi connectivity index (χ0n) is 10.9. The van der Waals surface area contributed by atoms with E-state index < -0.39 is 5.97 Å². The maximum Gasteiger partial charge on any atom is 0.347 e. The molecule has 1 N–H and O–H groups in total. The van der Waals surface area contributed by atoms with E-state index in [-0.39, 0.29) is 5.41 Å². The molecule has 5 heteroatoms. The molecule has 2 aromatic rings. The van der Waals surface area contributed by atoms with E-state index in [0.29, 0.717) is 18.1 Å². The standard InChI is InChI=1S/C15H15NO3S/c17-13(18)12-10-16-14(20-12)15(6-8-19-9-7-15)11-4-2-1-3-5-11/h1-5,10H,6-9H2,(H,17,18). The first-order valence-electron chi connectivity index (χ1n) is 6.55. The number of aromatic nitrogens is 1. The topological polar surface area (TPSA) is 59.4 Å². The molecule has 0 unspecified atom stereocenters. The summed E-state index contributed by atoms with van der Waals surface area (Å²) >= 11 is 1.27. The van der Waals surface area contributed by atoms with E-state index in [9.17, 15) is 4.79 Å². The van der Waals surface area contributed by atoms with E-state index in [0.717, 1.165) is 17.8 Å². The molecule has 0 spiro atoms. The predicted octanol–water partition coefficient (Wildman–Crippen LogP) is 2.94. The second-order valence-corrected chi connectivity index (χ2v) is 5.93. The molecule has 0 bridgehead atoms. The van der Waals surface area contributed by atoms with Crippen LogP contribution < -0.4 is 0 Å². The van der Waals surface area contributed by atoms with Gasteiger partial charge < -0.3 is 9.84 Å². The summed E-state index contributed by atoms with van der Waals surface area (Å²) in [5.41, 5.74) is 0.979. The first kappa shape index (κ1) is 13.3.